The van der Waals surface area contributed by atoms with Gasteiger partial charge in [0.15, 0.2) is 0 Å². The van der Waals surface area contributed by atoms with Crippen LogP contribution in [0.1, 0.15) is 42.9 Å². The Bertz CT molecular complexity index is 859. The third kappa shape index (κ3) is 5.40. The highest BCUT2D eigenvalue weighted by Gasteiger charge is 2.31. The summed E-state index contributed by atoms with van der Waals surface area (Å²) < 4.78 is 10.6. The first-order valence-corrected chi connectivity index (χ1v) is 11.4. The van der Waals surface area contributed by atoms with Crippen LogP contribution >= 0.6 is 0 Å². The summed E-state index contributed by atoms with van der Waals surface area (Å²) in [6.07, 6.45) is 5.51. The maximum atomic E-state index is 13.1. The van der Waals surface area contributed by atoms with Gasteiger partial charge < -0.3 is 14.4 Å². The van der Waals surface area contributed by atoms with Gasteiger partial charge >= 0.3 is 0 Å². The summed E-state index contributed by atoms with van der Waals surface area (Å²) in [5.41, 5.74) is 2.55. The normalized spacial score (nSPS) is 20.1. The predicted molar refractivity (Wildman–Crippen MR) is 123 cm³/mol. The number of carbonyl (C=O) groups is 1. The molecule has 31 heavy (non-hydrogen) atoms. The van der Waals surface area contributed by atoms with Crippen molar-refractivity contribution in [2.75, 3.05) is 40.4 Å². The van der Waals surface area contributed by atoms with E-state index in [2.05, 4.69) is 34.1 Å². The van der Waals surface area contributed by atoms with E-state index >= 15 is 0 Å². The molecule has 166 valence electrons. The van der Waals surface area contributed by atoms with Crippen LogP contribution in [-0.2, 0) is 11.2 Å². The first-order chi connectivity index (χ1) is 15.2. The summed E-state index contributed by atoms with van der Waals surface area (Å²) in [4.78, 5) is 17.5. The minimum absolute atomic E-state index is 0.176. The molecule has 2 aliphatic rings. The number of piperidine rings is 1. The molecular weight excluding hydrogens is 388 g/mol. The Morgan fingerprint density at radius 1 is 0.935 bits per heavy atom. The van der Waals surface area contributed by atoms with Crippen LogP contribution in [0.25, 0.3) is 0 Å². The minimum atomic E-state index is 0.176. The number of methoxy groups -OCH3 is 2. The van der Waals surface area contributed by atoms with Crippen molar-refractivity contribution >= 4 is 5.91 Å². The molecule has 2 aromatic carbocycles. The van der Waals surface area contributed by atoms with Crippen molar-refractivity contribution in [1.29, 1.82) is 0 Å². The first kappa shape index (κ1) is 21.7. The summed E-state index contributed by atoms with van der Waals surface area (Å²) in [7, 11) is 3.39. The smallest absolute Gasteiger partial charge is 0.237 e. The highest BCUT2D eigenvalue weighted by Crippen LogP contribution is 2.34. The highest BCUT2D eigenvalue weighted by atomic mass is 16.5. The molecule has 0 radical (unpaired) electrons. The zero-order valence-electron chi connectivity index (χ0n) is 18.8. The molecule has 2 heterocycles. The van der Waals surface area contributed by atoms with Crippen molar-refractivity contribution in [3.8, 4) is 11.5 Å². The van der Waals surface area contributed by atoms with Gasteiger partial charge in [-0.25, -0.2) is 0 Å². The van der Waals surface area contributed by atoms with Gasteiger partial charge in [-0.1, -0.05) is 24.3 Å². The largest absolute Gasteiger partial charge is 0.497 e. The van der Waals surface area contributed by atoms with Gasteiger partial charge in [0.2, 0.25) is 5.91 Å². The average molecular weight is 423 g/mol. The highest BCUT2D eigenvalue weighted by molar-refractivity contribution is 5.79. The second-order valence-electron chi connectivity index (χ2n) is 8.79. The Hall–Kier alpha value is -2.53. The molecule has 5 nitrogen and oxygen atoms in total. The third-order valence-corrected chi connectivity index (χ3v) is 6.80. The maximum absolute atomic E-state index is 13.1. The van der Waals surface area contributed by atoms with E-state index in [1.54, 1.807) is 14.2 Å². The molecule has 0 saturated carbocycles. The van der Waals surface area contributed by atoms with Crippen molar-refractivity contribution in [1.82, 2.24) is 9.80 Å². The molecule has 1 amide bonds. The summed E-state index contributed by atoms with van der Waals surface area (Å²) in [5.74, 6) is 2.72. The molecular formula is C26H34N2O3. The first-order valence-electron chi connectivity index (χ1n) is 11.4. The van der Waals surface area contributed by atoms with E-state index in [9.17, 15) is 4.79 Å². The molecule has 0 aromatic heterocycles. The molecule has 0 N–H and O–H groups in total. The van der Waals surface area contributed by atoms with Gasteiger partial charge in [-0.3, -0.25) is 9.69 Å². The molecule has 0 bridgehead atoms. The Labute approximate surface area is 185 Å². The maximum Gasteiger partial charge on any atom is 0.237 e. The lowest BCUT2D eigenvalue weighted by Crippen LogP contribution is -2.43. The zero-order valence-corrected chi connectivity index (χ0v) is 18.8. The van der Waals surface area contributed by atoms with E-state index < -0.39 is 0 Å². The van der Waals surface area contributed by atoms with Gasteiger partial charge in [-0.15, -0.1) is 0 Å². The molecule has 5 heteroatoms. The predicted octanol–water partition coefficient (Wildman–Crippen LogP) is 4.32. The topological polar surface area (TPSA) is 42.0 Å². The second kappa shape index (κ2) is 10.2. The molecule has 0 aliphatic carbocycles. The molecule has 2 fully saturated rings. The Balaban J connectivity index is 1.28. The van der Waals surface area contributed by atoms with Crippen LogP contribution < -0.4 is 9.47 Å². The van der Waals surface area contributed by atoms with Crippen molar-refractivity contribution < 1.29 is 14.3 Å². The van der Waals surface area contributed by atoms with Gasteiger partial charge in [0.05, 0.1) is 26.8 Å². The Morgan fingerprint density at radius 3 is 2.39 bits per heavy atom. The van der Waals surface area contributed by atoms with E-state index in [1.807, 2.05) is 24.3 Å². The molecule has 1 atom stereocenters. The van der Waals surface area contributed by atoms with E-state index in [4.69, 9.17) is 9.47 Å². The summed E-state index contributed by atoms with van der Waals surface area (Å²) in [6, 6.07) is 16.8. The van der Waals surface area contributed by atoms with Gasteiger partial charge in [0.1, 0.15) is 11.5 Å². The van der Waals surface area contributed by atoms with Crippen LogP contribution in [-0.4, -0.2) is 56.1 Å². The minimum Gasteiger partial charge on any atom is -0.497 e. The van der Waals surface area contributed by atoms with E-state index in [0.29, 0.717) is 12.5 Å². The van der Waals surface area contributed by atoms with E-state index in [0.717, 1.165) is 63.2 Å². The molecule has 2 aromatic rings. The van der Waals surface area contributed by atoms with Crippen LogP contribution in [0.5, 0.6) is 11.5 Å². The number of likely N-dealkylation sites (tertiary alicyclic amines) is 2. The number of carbonyl (C=O) groups excluding carboxylic acids is 1. The molecule has 0 spiro atoms. The van der Waals surface area contributed by atoms with Crippen molar-refractivity contribution in [2.24, 2.45) is 5.92 Å². The van der Waals surface area contributed by atoms with Crippen molar-refractivity contribution in [3.63, 3.8) is 0 Å². The summed E-state index contributed by atoms with van der Waals surface area (Å²) in [5, 5.41) is 0. The van der Waals surface area contributed by atoms with Gasteiger partial charge in [0, 0.05) is 6.54 Å². The fourth-order valence-electron chi connectivity index (χ4n) is 4.99. The number of hydrogen-bond donors (Lipinski definition) is 0. The van der Waals surface area contributed by atoms with Crippen LogP contribution in [0.3, 0.4) is 0 Å². The van der Waals surface area contributed by atoms with Crippen LogP contribution in [0.15, 0.2) is 48.5 Å². The number of benzene rings is 2. The van der Waals surface area contributed by atoms with Crippen LogP contribution in [0.4, 0.5) is 0 Å². The van der Waals surface area contributed by atoms with Crippen molar-refractivity contribution in [3.05, 3.63) is 59.7 Å². The standard InChI is InChI=1S/C26H34N2O3/c1-30-23-10-8-20(9-11-23)17-21-12-15-27(16-13-21)19-26(29)28-14-4-7-25(28)22-5-3-6-24(18-22)31-2/h3,5-6,8-11,18,21,25H,4,7,12-17,19H2,1-2H3. The van der Waals surface area contributed by atoms with Crippen molar-refractivity contribution in [2.45, 2.75) is 38.1 Å². The van der Waals surface area contributed by atoms with E-state index in [-0.39, 0.29) is 11.9 Å². The molecule has 2 aliphatic heterocycles. The second-order valence-corrected chi connectivity index (χ2v) is 8.79. The lowest BCUT2D eigenvalue weighted by Gasteiger charge is -2.34. The fraction of sp³-hybridized carbons (Fsp3) is 0.500. The van der Waals surface area contributed by atoms with Gasteiger partial charge in [-0.05, 0) is 86.5 Å². The number of ether oxygens (including phenoxy) is 2. The Kier molecular flexibility index (Phi) is 7.13. The lowest BCUT2D eigenvalue weighted by molar-refractivity contribution is -0.133. The number of rotatable bonds is 7. The van der Waals surface area contributed by atoms with Crippen LogP contribution in [0.2, 0.25) is 0 Å². The zero-order chi connectivity index (χ0) is 21.6. The molecule has 1 unspecified atom stereocenters. The SMILES string of the molecule is COc1ccc(CC2CCN(CC(=O)N3CCCC3c3cccc(OC)c3)CC2)cc1. The molecule has 4 rings (SSSR count). The summed E-state index contributed by atoms with van der Waals surface area (Å²) in [6.45, 7) is 3.40. The quantitative estimate of drug-likeness (QED) is 0.666. The number of amides is 1. The Morgan fingerprint density at radius 2 is 1.68 bits per heavy atom. The van der Waals surface area contributed by atoms with Gasteiger partial charge in [-0.2, -0.15) is 0 Å². The van der Waals surface area contributed by atoms with Gasteiger partial charge in [0.25, 0.3) is 0 Å². The molecule has 2 saturated heterocycles. The van der Waals surface area contributed by atoms with Crippen LogP contribution in [0, 0.1) is 5.92 Å². The third-order valence-electron chi connectivity index (χ3n) is 6.80. The monoisotopic (exact) mass is 422 g/mol. The summed E-state index contributed by atoms with van der Waals surface area (Å²) >= 11 is 0. The number of nitrogens with zero attached hydrogens (tertiary/aromatic N) is 2. The number of hydrogen-bond acceptors (Lipinski definition) is 4. The fourth-order valence-corrected chi connectivity index (χ4v) is 4.99. The lowest BCUT2D eigenvalue weighted by atomic mass is 9.90. The average Bonchev–Trinajstić information content (AvgIpc) is 3.31. The van der Waals surface area contributed by atoms with E-state index in [1.165, 1.54) is 11.1 Å².